The predicted molar refractivity (Wildman–Crippen MR) is 67.0 cm³/mol. The first-order valence-corrected chi connectivity index (χ1v) is 6.21. The molecule has 0 bridgehead atoms. The van der Waals surface area contributed by atoms with Crippen LogP contribution in [0.25, 0.3) is 5.57 Å². The first-order chi connectivity index (χ1) is 7.22. The Hall–Kier alpha value is -0.950. The van der Waals surface area contributed by atoms with E-state index >= 15 is 0 Å². The summed E-state index contributed by atoms with van der Waals surface area (Å²) in [5.41, 5.74) is 2.93. The van der Waals surface area contributed by atoms with Crippen LogP contribution in [0.3, 0.4) is 0 Å². The molecule has 0 saturated carbocycles. The summed E-state index contributed by atoms with van der Waals surface area (Å²) >= 11 is 2.01. The van der Waals surface area contributed by atoms with Crippen molar-refractivity contribution in [2.75, 3.05) is 0 Å². The van der Waals surface area contributed by atoms with Gasteiger partial charge in [-0.15, -0.1) is 11.8 Å². The van der Waals surface area contributed by atoms with Gasteiger partial charge in [0.15, 0.2) is 0 Å². The van der Waals surface area contributed by atoms with Crippen molar-refractivity contribution in [2.45, 2.75) is 23.5 Å². The van der Waals surface area contributed by atoms with Gasteiger partial charge in [0, 0.05) is 9.64 Å². The fourth-order valence-corrected chi connectivity index (χ4v) is 3.87. The van der Waals surface area contributed by atoms with Gasteiger partial charge in [-0.25, -0.2) is 0 Å². The number of fused-ring (bicyclic) bond motifs is 3. The normalized spacial score (nSPS) is 32.1. The maximum atomic E-state index is 2.36. The van der Waals surface area contributed by atoms with Crippen LogP contribution < -0.4 is 0 Å². The van der Waals surface area contributed by atoms with Crippen molar-refractivity contribution in [1.29, 1.82) is 0 Å². The molecule has 0 amide bonds. The molecule has 2 aliphatic rings. The lowest BCUT2D eigenvalue weighted by atomic mass is 9.81. The van der Waals surface area contributed by atoms with Crippen molar-refractivity contribution < 1.29 is 0 Å². The molecular weight excluding hydrogens is 200 g/mol. The number of hydrogen-bond donors (Lipinski definition) is 0. The molecule has 1 aliphatic heterocycles. The van der Waals surface area contributed by atoms with Gasteiger partial charge in [-0.3, -0.25) is 0 Å². The summed E-state index contributed by atoms with van der Waals surface area (Å²) in [5.74, 6) is 0.606. The topological polar surface area (TPSA) is 0 Å². The lowest BCUT2D eigenvalue weighted by molar-refractivity contribution is 0.620. The second-order valence-corrected chi connectivity index (χ2v) is 5.95. The van der Waals surface area contributed by atoms with Crippen LogP contribution in [0.15, 0.2) is 47.4 Å². The van der Waals surface area contributed by atoms with Crippen LogP contribution in [0.4, 0.5) is 0 Å². The second kappa shape index (κ2) is 3.02. The summed E-state index contributed by atoms with van der Waals surface area (Å²) in [6, 6.07) is 8.74. The highest BCUT2D eigenvalue weighted by molar-refractivity contribution is 8.01. The molecule has 0 radical (unpaired) electrons. The van der Waals surface area contributed by atoms with Crippen LogP contribution in [-0.4, -0.2) is 4.75 Å². The molecule has 1 heteroatoms. The maximum absolute atomic E-state index is 2.36. The third-order valence-corrected chi connectivity index (χ3v) is 5.16. The summed E-state index contributed by atoms with van der Waals surface area (Å²) < 4.78 is 0.248. The Morgan fingerprint density at radius 2 is 2.07 bits per heavy atom. The van der Waals surface area contributed by atoms with Crippen molar-refractivity contribution >= 4 is 17.3 Å². The Kier molecular flexibility index (Phi) is 1.87. The molecule has 1 aromatic carbocycles. The second-order valence-electron chi connectivity index (χ2n) is 4.46. The van der Waals surface area contributed by atoms with Crippen molar-refractivity contribution in [3.05, 3.63) is 48.1 Å². The van der Waals surface area contributed by atoms with E-state index in [1.54, 1.807) is 0 Å². The molecule has 0 aromatic heterocycles. The summed E-state index contributed by atoms with van der Waals surface area (Å²) in [5, 5.41) is 0. The van der Waals surface area contributed by atoms with E-state index in [1.165, 1.54) is 16.0 Å². The van der Waals surface area contributed by atoms with E-state index in [-0.39, 0.29) is 4.75 Å². The molecule has 1 aromatic rings. The van der Waals surface area contributed by atoms with Gasteiger partial charge >= 0.3 is 0 Å². The molecule has 2 atom stereocenters. The summed E-state index contributed by atoms with van der Waals surface area (Å²) in [7, 11) is 0. The lowest BCUT2D eigenvalue weighted by Gasteiger charge is -2.32. The molecular formula is C14H14S. The molecule has 0 nitrogen and oxygen atoms in total. The zero-order chi connectivity index (χ0) is 10.5. The van der Waals surface area contributed by atoms with Gasteiger partial charge in [-0.05, 0) is 30.0 Å². The molecule has 1 heterocycles. The first-order valence-electron chi connectivity index (χ1n) is 5.39. The molecule has 0 saturated heterocycles. The molecule has 15 heavy (non-hydrogen) atoms. The SMILES string of the molecule is C[C@H]1C=CC=C2c3ccccc3SC21C. The Labute approximate surface area is 95.1 Å². The van der Waals surface area contributed by atoms with Gasteiger partial charge < -0.3 is 0 Å². The number of allylic oxidation sites excluding steroid dienone is 3. The van der Waals surface area contributed by atoms with E-state index in [1.807, 2.05) is 11.8 Å². The minimum atomic E-state index is 0.248. The van der Waals surface area contributed by atoms with Crippen molar-refractivity contribution in [1.82, 2.24) is 0 Å². The molecule has 1 unspecified atom stereocenters. The number of thioether (sulfide) groups is 1. The highest BCUT2D eigenvalue weighted by Gasteiger charge is 2.42. The average Bonchev–Trinajstić information content (AvgIpc) is 2.53. The van der Waals surface area contributed by atoms with E-state index < -0.39 is 0 Å². The van der Waals surface area contributed by atoms with E-state index in [4.69, 9.17) is 0 Å². The maximum Gasteiger partial charge on any atom is 0.0493 e. The Morgan fingerprint density at radius 3 is 2.93 bits per heavy atom. The van der Waals surface area contributed by atoms with E-state index in [0.717, 1.165) is 0 Å². The van der Waals surface area contributed by atoms with Crippen LogP contribution in [-0.2, 0) is 0 Å². The van der Waals surface area contributed by atoms with E-state index in [2.05, 4.69) is 56.3 Å². The number of hydrogen-bond acceptors (Lipinski definition) is 1. The van der Waals surface area contributed by atoms with Gasteiger partial charge in [-0.2, -0.15) is 0 Å². The smallest absolute Gasteiger partial charge is 0.0493 e. The van der Waals surface area contributed by atoms with Crippen LogP contribution in [0.2, 0.25) is 0 Å². The van der Waals surface area contributed by atoms with Crippen molar-refractivity contribution in [2.24, 2.45) is 5.92 Å². The Bertz CT molecular complexity index is 470. The van der Waals surface area contributed by atoms with Gasteiger partial charge in [0.05, 0.1) is 0 Å². The molecule has 0 spiro atoms. The van der Waals surface area contributed by atoms with Gasteiger partial charge in [0.2, 0.25) is 0 Å². The van der Waals surface area contributed by atoms with Gasteiger partial charge in [-0.1, -0.05) is 43.4 Å². The van der Waals surface area contributed by atoms with Gasteiger partial charge in [0.1, 0.15) is 0 Å². The number of benzene rings is 1. The molecule has 0 fully saturated rings. The monoisotopic (exact) mass is 214 g/mol. The fourth-order valence-electron chi connectivity index (χ4n) is 2.42. The quantitative estimate of drug-likeness (QED) is 0.625. The summed E-state index contributed by atoms with van der Waals surface area (Å²) in [6.45, 7) is 4.67. The highest BCUT2D eigenvalue weighted by Crippen LogP contribution is 2.57. The highest BCUT2D eigenvalue weighted by atomic mass is 32.2. The van der Waals surface area contributed by atoms with Crippen LogP contribution in [0.1, 0.15) is 19.4 Å². The molecule has 76 valence electrons. The Balaban J connectivity index is 2.22. The zero-order valence-corrected chi connectivity index (χ0v) is 9.84. The lowest BCUT2D eigenvalue weighted by Crippen LogP contribution is -2.27. The zero-order valence-electron chi connectivity index (χ0n) is 9.03. The van der Waals surface area contributed by atoms with Crippen molar-refractivity contribution in [3.8, 4) is 0 Å². The predicted octanol–water partition coefficient (Wildman–Crippen LogP) is 4.14. The minimum absolute atomic E-state index is 0.248. The molecule has 1 aliphatic carbocycles. The van der Waals surface area contributed by atoms with Crippen LogP contribution in [0, 0.1) is 5.92 Å². The standard InChI is InChI=1S/C14H14S/c1-10-6-5-8-12-11-7-3-4-9-13(11)15-14(10,12)2/h3-10H,1-2H3/t10-,14?/m0/s1. The third kappa shape index (κ3) is 1.16. The number of rotatable bonds is 0. The van der Waals surface area contributed by atoms with E-state index in [0.29, 0.717) is 5.92 Å². The van der Waals surface area contributed by atoms with Crippen molar-refractivity contribution in [3.63, 3.8) is 0 Å². The third-order valence-electron chi connectivity index (χ3n) is 3.57. The average molecular weight is 214 g/mol. The molecule has 0 N–H and O–H groups in total. The van der Waals surface area contributed by atoms with Crippen LogP contribution >= 0.6 is 11.8 Å². The van der Waals surface area contributed by atoms with E-state index in [9.17, 15) is 0 Å². The largest absolute Gasteiger partial charge is 0.114 e. The van der Waals surface area contributed by atoms with Crippen LogP contribution in [0.5, 0.6) is 0 Å². The first kappa shape index (κ1) is 9.29. The minimum Gasteiger partial charge on any atom is -0.114 e. The summed E-state index contributed by atoms with van der Waals surface area (Å²) in [6.07, 6.45) is 6.78. The molecule has 3 rings (SSSR count). The summed E-state index contributed by atoms with van der Waals surface area (Å²) in [4.78, 5) is 1.43. The fraction of sp³-hybridized carbons (Fsp3) is 0.286. The van der Waals surface area contributed by atoms with Gasteiger partial charge in [0.25, 0.3) is 0 Å². The Morgan fingerprint density at radius 1 is 1.27 bits per heavy atom.